The van der Waals surface area contributed by atoms with Crippen molar-refractivity contribution in [2.75, 3.05) is 0 Å². The maximum absolute atomic E-state index is 8.74. The molecule has 6 N–H and O–H groups in total. The fourth-order valence-electron chi connectivity index (χ4n) is 0. The Bertz CT molecular complexity index is 179. The molecule has 0 radical (unpaired) electrons. The van der Waals surface area contributed by atoms with Crippen LogP contribution in [-0.2, 0) is 10.4 Å². The fraction of sp³-hybridized carbons (Fsp3) is 0. The predicted octanol–water partition coefficient (Wildman–Crippen LogP) is -1.72. The van der Waals surface area contributed by atoms with Gasteiger partial charge in [-0.15, -0.1) is 0 Å². The summed E-state index contributed by atoms with van der Waals surface area (Å²) in [4.78, 5) is 8.56. The number of hydrogen-bond acceptors (Lipinski definition) is 3. The van der Waals surface area contributed by atoms with Gasteiger partial charge in [0, 0.05) is 0 Å². The van der Waals surface area contributed by atoms with Gasteiger partial charge in [-0.2, -0.15) is 8.42 Å². The molecular weight excluding hydrogens is 245 g/mol. The molecule has 76 valence electrons. The maximum Gasteiger partial charge on any atom is 2.00 e. The molecule has 8 nitrogen and oxygen atoms in total. The third kappa shape index (κ3) is 890. The van der Waals surface area contributed by atoms with E-state index >= 15 is 0 Å². The summed E-state index contributed by atoms with van der Waals surface area (Å²) >= 11 is 0. The van der Waals surface area contributed by atoms with Crippen LogP contribution in [-0.4, -0.2) is 109 Å². The smallest absolute Gasteiger partial charge is 1.00 e. The zero-order valence-electron chi connectivity index (χ0n) is 12.5. The van der Waals surface area contributed by atoms with Crippen LogP contribution in [0.15, 0.2) is 0 Å². The van der Waals surface area contributed by atoms with Crippen molar-refractivity contribution in [2.24, 2.45) is 0 Å². The molecular formula is CH12Mg3O8S. The summed E-state index contributed by atoms with van der Waals surface area (Å²) in [6, 6.07) is 0. The summed E-state index contributed by atoms with van der Waals surface area (Å²) in [5.74, 6) is 0. The van der Waals surface area contributed by atoms with Crippen molar-refractivity contribution in [1.29, 1.82) is 0 Å². The Hall–Kier alpha value is 1.40. The van der Waals surface area contributed by atoms with Gasteiger partial charge in [0.1, 0.15) is 0 Å². The van der Waals surface area contributed by atoms with E-state index in [4.69, 9.17) is 32.5 Å². The van der Waals surface area contributed by atoms with Crippen LogP contribution >= 0.6 is 0 Å². The first kappa shape index (κ1) is 36.6. The second kappa shape index (κ2) is 19.0. The maximum atomic E-state index is 8.74. The fourth-order valence-corrected chi connectivity index (χ4v) is 0. The molecule has 0 spiro atoms. The second-order valence-electron chi connectivity index (χ2n) is 0.730. The summed E-state index contributed by atoms with van der Waals surface area (Å²) in [5.41, 5.74) is 0. The van der Waals surface area contributed by atoms with Gasteiger partial charge < -0.3 is 24.2 Å². The Kier molecular flexibility index (Phi) is 53.7. The molecule has 0 saturated carbocycles. The minimum atomic E-state index is -4.67. The quantitative estimate of drug-likeness (QED) is 0.296. The Balaban J connectivity index is -0.00000000340. The molecule has 0 aromatic rings. The summed E-state index contributed by atoms with van der Waals surface area (Å²) in [6.45, 7) is 0. The molecule has 0 fully saturated rings. The molecule has 13 heavy (non-hydrogen) atoms. The van der Waals surface area contributed by atoms with Crippen molar-refractivity contribution in [1.82, 2.24) is 0 Å². The Morgan fingerprint density at radius 1 is 1.00 bits per heavy atom. The van der Waals surface area contributed by atoms with Crippen molar-refractivity contribution >= 4 is 85.7 Å². The van der Waals surface area contributed by atoms with Gasteiger partial charge in [0.15, 0.2) is 0 Å². The minimum absolute atomic E-state index is 0. The molecule has 0 aromatic carbocycles. The molecule has 0 aliphatic heterocycles. The van der Waals surface area contributed by atoms with Gasteiger partial charge in [-0.3, -0.25) is 9.11 Å². The van der Waals surface area contributed by atoms with Crippen LogP contribution in [0.1, 0.15) is 8.56 Å². The zero-order valence-corrected chi connectivity index (χ0v) is 11.6. The summed E-state index contributed by atoms with van der Waals surface area (Å²) in [5, 5.41) is 13.9. The molecule has 12 heteroatoms. The molecule has 0 aliphatic rings. The summed E-state index contributed by atoms with van der Waals surface area (Å²) in [7, 11) is -4.67. The van der Waals surface area contributed by atoms with E-state index in [9.17, 15) is 0 Å². The Morgan fingerprint density at radius 2 is 1.00 bits per heavy atom. The normalized spacial score (nSPS) is 6.31. The van der Waals surface area contributed by atoms with Crippen LogP contribution in [0.2, 0.25) is 0 Å². The molecule has 0 aliphatic carbocycles. The number of carboxylic acid groups (broad SMARTS) is 2. The van der Waals surface area contributed by atoms with Crippen LogP contribution in [0, 0.1) is 0 Å². The Morgan fingerprint density at radius 3 is 1.00 bits per heavy atom. The SMILES string of the molecule is O.O=C(O)O.O=S(=O)(O)O.[H-].[H-].[H-].[H-].[H-].[H-].[Mg+2].[Mg+2].[Mg+2]. The van der Waals surface area contributed by atoms with Crippen LogP contribution in [0.25, 0.3) is 0 Å². The van der Waals surface area contributed by atoms with Crippen molar-refractivity contribution in [2.45, 2.75) is 0 Å². The van der Waals surface area contributed by atoms with Gasteiger partial charge in [-0.05, 0) is 0 Å². The number of carbonyl (C=O) groups is 1. The van der Waals surface area contributed by atoms with Crippen molar-refractivity contribution in [3.63, 3.8) is 0 Å². The van der Waals surface area contributed by atoms with Crippen LogP contribution in [0.5, 0.6) is 0 Å². The summed E-state index contributed by atoms with van der Waals surface area (Å²) < 4.78 is 31.6. The molecule has 0 saturated heterocycles. The van der Waals surface area contributed by atoms with Gasteiger partial charge >= 0.3 is 85.7 Å². The van der Waals surface area contributed by atoms with E-state index in [1.807, 2.05) is 0 Å². The zero-order chi connectivity index (χ0) is 8.08. The van der Waals surface area contributed by atoms with Crippen molar-refractivity contribution in [3.8, 4) is 0 Å². The molecule has 0 bridgehead atoms. The van der Waals surface area contributed by atoms with E-state index in [0.29, 0.717) is 0 Å². The van der Waals surface area contributed by atoms with E-state index in [1.54, 1.807) is 0 Å². The van der Waals surface area contributed by atoms with Gasteiger partial charge in [-0.25, -0.2) is 4.79 Å². The topological polar surface area (TPSA) is 164 Å². The van der Waals surface area contributed by atoms with Crippen molar-refractivity contribution in [3.05, 3.63) is 0 Å². The number of rotatable bonds is 0. The monoisotopic (exact) mass is 256 g/mol. The van der Waals surface area contributed by atoms with Crippen molar-refractivity contribution < 1.29 is 46.6 Å². The van der Waals surface area contributed by atoms with E-state index in [2.05, 4.69) is 0 Å². The standard InChI is InChI=1S/CH2O3.3Mg.H2O4S.H2O.6H/c2-1(3)4;;;;1-5(2,3)4;;;;;;;/h(H2,2,3,4);;;;(H2,1,2,3,4);1H2;;;;;;/q;3*+2;;;6*-1. The van der Waals surface area contributed by atoms with Gasteiger partial charge in [0.2, 0.25) is 0 Å². The molecule has 0 amide bonds. The van der Waals surface area contributed by atoms with E-state index < -0.39 is 16.6 Å². The predicted molar refractivity (Wildman–Crippen MR) is 52.4 cm³/mol. The van der Waals surface area contributed by atoms with Gasteiger partial charge in [0.25, 0.3) is 0 Å². The van der Waals surface area contributed by atoms with Crippen LogP contribution < -0.4 is 0 Å². The van der Waals surface area contributed by atoms with Crippen LogP contribution in [0.3, 0.4) is 0 Å². The van der Waals surface area contributed by atoms with Gasteiger partial charge in [-0.1, -0.05) is 0 Å². The third-order valence-electron chi connectivity index (χ3n) is 0. The molecule has 0 aromatic heterocycles. The second-order valence-corrected chi connectivity index (χ2v) is 1.63. The van der Waals surface area contributed by atoms with E-state index in [1.165, 1.54) is 0 Å². The molecule has 0 rings (SSSR count). The Labute approximate surface area is 131 Å². The molecule has 0 atom stereocenters. The number of hydrogen-bond donors (Lipinski definition) is 4. The first-order valence-corrected chi connectivity index (χ1v) is 2.75. The van der Waals surface area contributed by atoms with Crippen LogP contribution in [0.4, 0.5) is 4.79 Å². The molecule has 0 unspecified atom stereocenters. The van der Waals surface area contributed by atoms with Gasteiger partial charge in [0.05, 0.1) is 0 Å². The third-order valence-corrected chi connectivity index (χ3v) is 0. The molecule has 0 heterocycles. The largest absolute Gasteiger partial charge is 2.00 e. The summed E-state index contributed by atoms with van der Waals surface area (Å²) in [6.07, 6.45) is -1.83. The average Bonchev–Trinajstić information content (AvgIpc) is 1.19. The minimum Gasteiger partial charge on any atom is -1.00 e. The van der Waals surface area contributed by atoms with E-state index in [-0.39, 0.29) is 83.2 Å². The first-order chi connectivity index (χ1) is 3.73. The first-order valence-electron chi connectivity index (χ1n) is 1.35. The van der Waals surface area contributed by atoms with E-state index in [0.717, 1.165) is 0 Å². The average molecular weight is 257 g/mol.